The van der Waals surface area contributed by atoms with Gasteiger partial charge >= 0.3 is 11.9 Å². The second-order valence-corrected chi connectivity index (χ2v) is 11.2. The smallest absolute Gasteiger partial charge is 0.308 e. The van der Waals surface area contributed by atoms with E-state index >= 15 is 0 Å². The van der Waals surface area contributed by atoms with Crippen molar-refractivity contribution >= 4 is 11.9 Å². The molecule has 0 unspecified atom stereocenters. The summed E-state index contributed by atoms with van der Waals surface area (Å²) in [5.41, 5.74) is 2.40. The van der Waals surface area contributed by atoms with Gasteiger partial charge in [-0.1, -0.05) is 63.8 Å². The highest BCUT2D eigenvalue weighted by Gasteiger charge is 2.61. The Morgan fingerprint density at radius 1 is 1.00 bits per heavy atom. The number of hydrogen-bond donors (Lipinski definition) is 1. The molecule has 0 aliphatic heterocycles. The summed E-state index contributed by atoms with van der Waals surface area (Å²) in [5.74, 6) is 0.493. The molecule has 194 valence electrons. The second-order valence-electron chi connectivity index (χ2n) is 11.2. The van der Waals surface area contributed by atoms with E-state index in [-0.39, 0.29) is 17.9 Å². The number of carbonyl (C=O) groups is 2. The van der Waals surface area contributed by atoms with Gasteiger partial charge in [-0.2, -0.15) is 0 Å². The highest BCUT2D eigenvalue weighted by molar-refractivity contribution is 5.71. The van der Waals surface area contributed by atoms with Gasteiger partial charge in [-0.15, -0.1) is 0 Å². The van der Waals surface area contributed by atoms with Crippen molar-refractivity contribution in [2.45, 2.75) is 122 Å². The number of aliphatic hydroxyl groups is 1. The van der Waals surface area contributed by atoms with Gasteiger partial charge in [0.15, 0.2) is 0 Å². The first-order valence-electron chi connectivity index (χ1n) is 14.1. The van der Waals surface area contributed by atoms with Crippen LogP contribution < -0.4 is 0 Å². The van der Waals surface area contributed by atoms with Crippen LogP contribution in [0.1, 0.15) is 114 Å². The SMILES string of the molecule is CCCCCC(=O)OC(OC(=O)CCCCC)[C@]12CC[C@@H]3c4ccccc4CC[C@H]3[C@@H]1C[C@@H](O)C2. The number of ether oxygens (including phenoxy) is 2. The lowest BCUT2D eigenvalue weighted by Crippen LogP contribution is -2.50. The first-order chi connectivity index (χ1) is 17.0. The quantitative estimate of drug-likeness (QED) is 0.222. The molecule has 4 rings (SSSR count). The van der Waals surface area contributed by atoms with Crippen molar-refractivity contribution in [2.24, 2.45) is 17.3 Å². The minimum absolute atomic E-state index is 0.182. The summed E-state index contributed by atoms with van der Waals surface area (Å²) in [6, 6.07) is 8.77. The van der Waals surface area contributed by atoms with E-state index in [4.69, 9.17) is 9.47 Å². The first-order valence-corrected chi connectivity index (χ1v) is 14.1. The van der Waals surface area contributed by atoms with Crippen LogP contribution in [0.2, 0.25) is 0 Å². The van der Waals surface area contributed by atoms with Gasteiger partial charge in [0.05, 0.1) is 11.5 Å². The van der Waals surface area contributed by atoms with Crippen molar-refractivity contribution < 1.29 is 24.2 Å². The summed E-state index contributed by atoms with van der Waals surface area (Å²) in [6.07, 6.45) is 10.1. The molecule has 0 amide bonds. The molecule has 3 aliphatic carbocycles. The summed E-state index contributed by atoms with van der Waals surface area (Å²) in [6.45, 7) is 4.22. The van der Waals surface area contributed by atoms with E-state index in [1.54, 1.807) is 0 Å². The Kier molecular flexibility index (Phi) is 8.91. The van der Waals surface area contributed by atoms with E-state index in [0.717, 1.165) is 64.2 Å². The molecule has 0 radical (unpaired) electrons. The van der Waals surface area contributed by atoms with Gasteiger partial charge in [-0.25, -0.2) is 0 Å². The Balaban J connectivity index is 1.57. The first kappa shape index (κ1) is 26.2. The number of benzene rings is 1. The van der Waals surface area contributed by atoms with Crippen molar-refractivity contribution in [1.29, 1.82) is 0 Å². The molecule has 35 heavy (non-hydrogen) atoms. The molecule has 0 saturated heterocycles. The Labute approximate surface area is 211 Å². The molecule has 5 heteroatoms. The summed E-state index contributed by atoms with van der Waals surface area (Å²) < 4.78 is 12.0. The van der Waals surface area contributed by atoms with Crippen molar-refractivity contribution in [3.05, 3.63) is 35.4 Å². The molecular formula is C30H44O5. The van der Waals surface area contributed by atoms with E-state index in [9.17, 15) is 14.7 Å². The zero-order chi connectivity index (χ0) is 24.8. The third-order valence-corrected chi connectivity index (χ3v) is 8.95. The average molecular weight is 485 g/mol. The number of hydrogen-bond acceptors (Lipinski definition) is 5. The molecular weight excluding hydrogens is 440 g/mol. The summed E-state index contributed by atoms with van der Waals surface area (Å²) in [5, 5.41) is 10.9. The predicted octanol–water partition coefficient (Wildman–Crippen LogP) is 6.46. The highest BCUT2D eigenvalue weighted by Crippen LogP contribution is 2.63. The van der Waals surface area contributed by atoms with Crippen molar-refractivity contribution in [2.75, 3.05) is 0 Å². The van der Waals surface area contributed by atoms with Crippen LogP contribution in [0.5, 0.6) is 0 Å². The second kappa shape index (κ2) is 11.9. The number of esters is 2. The maximum absolute atomic E-state index is 12.8. The molecule has 1 aromatic rings. The van der Waals surface area contributed by atoms with E-state index in [1.807, 2.05) is 0 Å². The van der Waals surface area contributed by atoms with E-state index < -0.39 is 17.8 Å². The molecule has 1 N–H and O–H groups in total. The minimum atomic E-state index is -0.897. The number of carbonyl (C=O) groups excluding carboxylic acids is 2. The third kappa shape index (κ3) is 5.76. The van der Waals surface area contributed by atoms with Gasteiger partial charge in [-0.3, -0.25) is 9.59 Å². The Hall–Kier alpha value is -1.88. The number of aliphatic hydroxyl groups excluding tert-OH is 1. The number of unbranched alkanes of at least 4 members (excludes halogenated alkanes) is 4. The summed E-state index contributed by atoms with van der Waals surface area (Å²) in [7, 11) is 0. The highest BCUT2D eigenvalue weighted by atomic mass is 16.7. The van der Waals surface area contributed by atoms with Crippen LogP contribution in [0.3, 0.4) is 0 Å². The van der Waals surface area contributed by atoms with E-state index in [0.29, 0.717) is 37.5 Å². The predicted molar refractivity (Wildman–Crippen MR) is 136 cm³/mol. The van der Waals surface area contributed by atoms with E-state index in [1.165, 1.54) is 11.1 Å². The molecule has 0 heterocycles. The normalized spacial score (nSPS) is 29.3. The van der Waals surface area contributed by atoms with Crippen LogP contribution in [0, 0.1) is 17.3 Å². The van der Waals surface area contributed by atoms with Crippen LogP contribution in [0.25, 0.3) is 0 Å². The van der Waals surface area contributed by atoms with Gasteiger partial charge in [0.25, 0.3) is 6.29 Å². The van der Waals surface area contributed by atoms with Crippen molar-refractivity contribution in [3.8, 4) is 0 Å². The summed E-state index contributed by atoms with van der Waals surface area (Å²) >= 11 is 0. The fourth-order valence-corrected chi connectivity index (χ4v) is 7.29. The van der Waals surface area contributed by atoms with Crippen LogP contribution in [0.4, 0.5) is 0 Å². The van der Waals surface area contributed by atoms with Crippen LogP contribution in [0.15, 0.2) is 24.3 Å². The zero-order valence-electron chi connectivity index (χ0n) is 21.7. The maximum Gasteiger partial charge on any atom is 0.308 e. The molecule has 1 aromatic carbocycles. The third-order valence-electron chi connectivity index (χ3n) is 8.95. The van der Waals surface area contributed by atoms with Crippen LogP contribution in [-0.4, -0.2) is 29.4 Å². The van der Waals surface area contributed by atoms with Crippen molar-refractivity contribution in [1.82, 2.24) is 0 Å². The number of fused-ring (bicyclic) bond motifs is 5. The van der Waals surface area contributed by atoms with Gasteiger partial charge in [0.2, 0.25) is 0 Å². The molecule has 5 atom stereocenters. The number of aryl methyl sites for hydroxylation is 1. The fourth-order valence-electron chi connectivity index (χ4n) is 7.29. The molecule has 5 nitrogen and oxygen atoms in total. The van der Waals surface area contributed by atoms with Gasteiger partial charge in [0.1, 0.15) is 0 Å². The lowest BCUT2D eigenvalue weighted by atomic mass is 9.55. The van der Waals surface area contributed by atoms with Crippen LogP contribution >= 0.6 is 0 Å². The molecule has 0 aromatic heterocycles. The standard InChI is InChI=1S/C30H44O5/c1-3-5-7-13-27(32)34-29(35-28(33)14-8-6-4-2)30-18-17-24-23-12-10-9-11-21(23)15-16-25(24)26(30)19-22(31)20-30/h9-12,22,24-26,29,31H,3-8,13-20H2,1-2H3/t22-,24-,25-,26+,30+/m1/s1. The maximum atomic E-state index is 12.8. The fraction of sp³-hybridized carbons (Fsp3) is 0.733. The average Bonchev–Trinajstić information content (AvgIpc) is 3.21. The monoisotopic (exact) mass is 484 g/mol. The van der Waals surface area contributed by atoms with Gasteiger partial charge in [-0.05, 0) is 80.2 Å². The van der Waals surface area contributed by atoms with Gasteiger partial charge in [0, 0.05) is 12.8 Å². The molecule has 0 bridgehead atoms. The van der Waals surface area contributed by atoms with Gasteiger partial charge < -0.3 is 14.6 Å². The lowest BCUT2D eigenvalue weighted by Gasteiger charge is -2.51. The molecule has 0 spiro atoms. The largest absolute Gasteiger partial charge is 0.425 e. The molecule has 2 saturated carbocycles. The Morgan fingerprint density at radius 2 is 1.66 bits per heavy atom. The minimum Gasteiger partial charge on any atom is -0.425 e. The molecule has 2 fully saturated rings. The van der Waals surface area contributed by atoms with Crippen molar-refractivity contribution in [3.63, 3.8) is 0 Å². The zero-order valence-corrected chi connectivity index (χ0v) is 21.7. The van der Waals surface area contributed by atoms with E-state index in [2.05, 4.69) is 38.1 Å². The Morgan fingerprint density at radius 3 is 2.31 bits per heavy atom. The number of rotatable bonds is 11. The Bertz CT molecular complexity index is 842. The van der Waals surface area contributed by atoms with Crippen LogP contribution in [-0.2, 0) is 25.5 Å². The molecule has 3 aliphatic rings. The lowest BCUT2D eigenvalue weighted by molar-refractivity contribution is -0.229. The summed E-state index contributed by atoms with van der Waals surface area (Å²) in [4.78, 5) is 25.7. The topological polar surface area (TPSA) is 72.8 Å².